The smallest absolute Gasteiger partial charge is 0.344 e. The fraction of sp³-hybridized carbons (Fsp3) is 0.125. The van der Waals surface area contributed by atoms with E-state index in [0.717, 1.165) is 0 Å². The number of carbonyl (C=O) groups excluding carboxylic acids is 1. The number of halogens is 2. The van der Waals surface area contributed by atoms with Crippen molar-refractivity contribution in [1.82, 2.24) is 0 Å². The van der Waals surface area contributed by atoms with Gasteiger partial charge in [-0.25, -0.2) is 9.18 Å². The van der Waals surface area contributed by atoms with E-state index in [2.05, 4.69) is 4.29 Å². The van der Waals surface area contributed by atoms with Gasteiger partial charge in [0.15, 0.2) is 0 Å². The molecule has 0 heterocycles. The third kappa shape index (κ3) is 1.95. The van der Waals surface area contributed by atoms with Crippen LogP contribution in [0.4, 0.5) is 4.39 Å². The Morgan fingerprint density at radius 3 is 2.50 bits per heavy atom. The number of hydrogen-bond donors (Lipinski definition) is 0. The van der Waals surface area contributed by atoms with Crippen LogP contribution in [0.3, 0.4) is 0 Å². The molecule has 64 valence electrons. The Kier molecular flexibility index (Phi) is 3.05. The summed E-state index contributed by atoms with van der Waals surface area (Å²) in [6, 6.07) is 7.95. The lowest BCUT2D eigenvalue weighted by Gasteiger charge is -2.02. The maximum absolute atomic E-state index is 13.0. The topological polar surface area (TPSA) is 26.3 Å². The van der Waals surface area contributed by atoms with E-state index in [1.54, 1.807) is 18.2 Å². The first-order valence-corrected chi connectivity index (χ1v) is 3.58. The molecule has 0 N–H and O–H groups in total. The van der Waals surface area contributed by atoms with Gasteiger partial charge in [0.2, 0.25) is 6.17 Å². The zero-order chi connectivity index (χ0) is 8.97. The Bertz CT molecular complexity index is 263. The molecule has 2 nitrogen and oxygen atoms in total. The van der Waals surface area contributed by atoms with Gasteiger partial charge in [0.1, 0.15) is 11.9 Å². The largest absolute Gasteiger partial charge is 0.363 e. The van der Waals surface area contributed by atoms with Crippen molar-refractivity contribution in [2.75, 3.05) is 0 Å². The summed E-state index contributed by atoms with van der Waals surface area (Å²) in [5.41, 5.74) is 0.239. The van der Waals surface area contributed by atoms with Crippen LogP contribution >= 0.6 is 11.9 Å². The highest BCUT2D eigenvalue weighted by atomic mass is 35.5. The summed E-state index contributed by atoms with van der Waals surface area (Å²) in [6.07, 6.45) is -1.80. The fourth-order valence-electron chi connectivity index (χ4n) is 0.797. The van der Waals surface area contributed by atoms with E-state index >= 15 is 0 Å². The van der Waals surface area contributed by atoms with E-state index in [9.17, 15) is 9.18 Å². The van der Waals surface area contributed by atoms with Crippen molar-refractivity contribution in [3.8, 4) is 0 Å². The summed E-state index contributed by atoms with van der Waals surface area (Å²) in [6.45, 7) is 0. The highest BCUT2D eigenvalue weighted by molar-refractivity contribution is 6.13. The lowest BCUT2D eigenvalue weighted by atomic mass is 10.1. The molecule has 0 aliphatic heterocycles. The Morgan fingerprint density at radius 2 is 2.00 bits per heavy atom. The summed E-state index contributed by atoms with van der Waals surface area (Å²) in [5.74, 6) is -1.09. The van der Waals surface area contributed by atoms with Crippen LogP contribution < -0.4 is 0 Å². The number of rotatable bonds is 2. The van der Waals surface area contributed by atoms with Crippen LogP contribution in [-0.4, -0.2) is 5.97 Å². The minimum absolute atomic E-state index is 0.239. The van der Waals surface area contributed by atoms with E-state index in [4.69, 9.17) is 11.9 Å². The van der Waals surface area contributed by atoms with Gasteiger partial charge in [0, 0.05) is 0 Å². The Balaban J connectivity index is 2.78. The zero-order valence-corrected chi connectivity index (χ0v) is 6.79. The SMILES string of the molecule is O=C(OCl)C(F)c1ccccc1. The van der Waals surface area contributed by atoms with Gasteiger partial charge in [-0.05, 0) is 5.56 Å². The molecule has 0 saturated carbocycles. The monoisotopic (exact) mass is 188 g/mol. The summed E-state index contributed by atoms with van der Waals surface area (Å²) in [4.78, 5) is 10.6. The predicted molar refractivity (Wildman–Crippen MR) is 42.2 cm³/mol. The van der Waals surface area contributed by atoms with E-state index in [1.807, 2.05) is 0 Å². The molecule has 0 bridgehead atoms. The van der Waals surface area contributed by atoms with Crippen LogP contribution in [0.5, 0.6) is 0 Å². The molecule has 0 radical (unpaired) electrons. The molecule has 0 aromatic heterocycles. The summed E-state index contributed by atoms with van der Waals surface area (Å²) >= 11 is 4.71. The first-order chi connectivity index (χ1) is 5.75. The Hall–Kier alpha value is -1.09. The first-order valence-electron chi connectivity index (χ1n) is 3.27. The summed E-state index contributed by atoms with van der Waals surface area (Å²) in [5, 5.41) is 0. The minimum atomic E-state index is -1.80. The molecule has 4 heteroatoms. The molecule has 0 saturated heterocycles. The van der Waals surface area contributed by atoms with Gasteiger partial charge in [0.05, 0.1) is 0 Å². The Labute approximate surface area is 74.1 Å². The molecule has 1 rings (SSSR count). The van der Waals surface area contributed by atoms with Crippen molar-refractivity contribution in [2.24, 2.45) is 0 Å². The van der Waals surface area contributed by atoms with Crippen LogP contribution in [0.2, 0.25) is 0 Å². The molecular formula is C8H6ClFO2. The van der Waals surface area contributed by atoms with E-state index in [-0.39, 0.29) is 5.56 Å². The second kappa shape index (κ2) is 4.07. The van der Waals surface area contributed by atoms with Gasteiger partial charge in [-0.15, -0.1) is 0 Å². The summed E-state index contributed by atoms with van der Waals surface area (Å²) < 4.78 is 16.7. The van der Waals surface area contributed by atoms with Gasteiger partial charge in [0.25, 0.3) is 0 Å². The molecule has 0 fully saturated rings. The maximum atomic E-state index is 13.0. The lowest BCUT2D eigenvalue weighted by Crippen LogP contribution is -2.06. The standard InChI is InChI=1S/C8H6ClFO2/c9-12-8(11)7(10)6-4-2-1-3-5-6/h1-5,7H. The average molecular weight is 189 g/mol. The molecule has 1 aromatic rings. The predicted octanol–water partition coefficient (Wildman–Crippen LogP) is 2.39. The van der Waals surface area contributed by atoms with Gasteiger partial charge >= 0.3 is 5.97 Å². The molecule has 0 aliphatic rings. The van der Waals surface area contributed by atoms with Gasteiger partial charge < -0.3 is 4.29 Å². The molecule has 0 amide bonds. The number of hydrogen-bond acceptors (Lipinski definition) is 2. The molecule has 1 aromatic carbocycles. The average Bonchev–Trinajstić information content (AvgIpc) is 2.17. The Morgan fingerprint density at radius 1 is 1.42 bits per heavy atom. The number of benzene rings is 1. The molecule has 12 heavy (non-hydrogen) atoms. The van der Waals surface area contributed by atoms with E-state index in [0.29, 0.717) is 0 Å². The third-order valence-electron chi connectivity index (χ3n) is 1.38. The fourth-order valence-corrected chi connectivity index (χ4v) is 0.875. The highest BCUT2D eigenvalue weighted by Gasteiger charge is 2.20. The van der Waals surface area contributed by atoms with E-state index < -0.39 is 12.1 Å². The quantitative estimate of drug-likeness (QED) is 0.713. The molecule has 0 aliphatic carbocycles. The number of alkyl halides is 1. The van der Waals surface area contributed by atoms with Crippen LogP contribution in [-0.2, 0) is 9.08 Å². The van der Waals surface area contributed by atoms with Crippen molar-refractivity contribution >= 4 is 17.8 Å². The van der Waals surface area contributed by atoms with Gasteiger partial charge in [-0.3, -0.25) is 0 Å². The van der Waals surface area contributed by atoms with Crippen molar-refractivity contribution in [3.63, 3.8) is 0 Å². The lowest BCUT2D eigenvalue weighted by molar-refractivity contribution is -0.139. The number of carbonyl (C=O) groups is 1. The molecule has 0 spiro atoms. The first kappa shape index (κ1) is 9.00. The van der Waals surface area contributed by atoms with Crippen LogP contribution in [0, 0.1) is 0 Å². The second-order valence-corrected chi connectivity index (χ2v) is 2.32. The van der Waals surface area contributed by atoms with Crippen LogP contribution in [0.25, 0.3) is 0 Å². The molecule has 1 unspecified atom stereocenters. The van der Waals surface area contributed by atoms with Crippen LogP contribution in [0.15, 0.2) is 30.3 Å². The second-order valence-electron chi connectivity index (χ2n) is 2.17. The van der Waals surface area contributed by atoms with Gasteiger partial charge in [-0.1, -0.05) is 30.3 Å². The van der Waals surface area contributed by atoms with Crippen molar-refractivity contribution in [1.29, 1.82) is 0 Å². The van der Waals surface area contributed by atoms with Crippen LogP contribution in [0.1, 0.15) is 11.7 Å². The minimum Gasteiger partial charge on any atom is -0.344 e. The molecular weight excluding hydrogens is 183 g/mol. The normalized spacial score (nSPS) is 12.2. The van der Waals surface area contributed by atoms with E-state index in [1.165, 1.54) is 12.1 Å². The van der Waals surface area contributed by atoms with Crippen molar-refractivity contribution in [3.05, 3.63) is 35.9 Å². The van der Waals surface area contributed by atoms with Gasteiger partial charge in [-0.2, -0.15) is 0 Å². The molecule has 1 atom stereocenters. The maximum Gasteiger partial charge on any atom is 0.363 e. The van der Waals surface area contributed by atoms with Crippen molar-refractivity contribution in [2.45, 2.75) is 6.17 Å². The third-order valence-corrected chi connectivity index (χ3v) is 1.53. The zero-order valence-electron chi connectivity index (χ0n) is 6.04. The van der Waals surface area contributed by atoms with Crippen molar-refractivity contribution < 1.29 is 13.5 Å². The summed E-state index contributed by atoms with van der Waals surface area (Å²) in [7, 11) is 0. The highest BCUT2D eigenvalue weighted by Crippen LogP contribution is 2.18.